The molecule has 0 aromatic carbocycles. The Morgan fingerprint density at radius 1 is 1.38 bits per heavy atom. The summed E-state index contributed by atoms with van der Waals surface area (Å²) in [4.78, 5) is 11.9. The molecular weight excluding hydrogens is 204 g/mol. The highest BCUT2D eigenvalue weighted by Crippen LogP contribution is 2.31. The van der Waals surface area contributed by atoms with Crippen molar-refractivity contribution in [2.45, 2.75) is 51.3 Å². The predicted octanol–water partition coefficient (Wildman–Crippen LogP) is 0.260. The highest BCUT2D eigenvalue weighted by molar-refractivity contribution is 5.82. The molecule has 0 aromatic heterocycles. The van der Waals surface area contributed by atoms with Crippen molar-refractivity contribution in [2.24, 2.45) is 11.8 Å². The number of amides is 1. The predicted molar refractivity (Wildman–Crippen MR) is 61.9 cm³/mol. The molecule has 4 nitrogen and oxygen atoms in total. The van der Waals surface area contributed by atoms with Crippen molar-refractivity contribution >= 4 is 5.91 Å². The second-order valence-electron chi connectivity index (χ2n) is 5.38. The molecule has 0 spiro atoms. The number of rotatable bonds is 2. The summed E-state index contributed by atoms with van der Waals surface area (Å²) in [7, 11) is 0. The van der Waals surface area contributed by atoms with Crippen molar-refractivity contribution in [1.82, 2.24) is 10.6 Å². The normalized spacial score (nSPS) is 43.6. The van der Waals surface area contributed by atoms with Gasteiger partial charge in [0.2, 0.25) is 5.91 Å². The molecule has 4 heteroatoms. The van der Waals surface area contributed by atoms with E-state index in [1.807, 2.05) is 0 Å². The first-order valence-corrected chi connectivity index (χ1v) is 6.29. The Morgan fingerprint density at radius 3 is 2.62 bits per heavy atom. The number of β-amino-alcohol motifs (C(OH)–C–C–N with tert-alkyl or cyclic N) is 1. The zero-order chi connectivity index (χ0) is 11.7. The highest BCUT2D eigenvalue weighted by Gasteiger charge is 2.34. The van der Waals surface area contributed by atoms with Crippen LogP contribution in [0.5, 0.6) is 0 Å². The number of aliphatic hydroxyl groups excluding tert-OH is 1. The van der Waals surface area contributed by atoms with Crippen LogP contribution in [-0.2, 0) is 4.79 Å². The van der Waals surface area contributed by atoms with Crippen LogP contribution in [0.25, 0.3) is 0 Å². The summed E-state index contributed by atoms with van der Waals surface area (Å²) < 4.78 is 0. The largest absolute Gasteiger partial charge is 0.392 e. The number of hydrogen-bond acceptors (Lipinski definition) is 3. The summed E-state index contributed by atoms with van der Waals surface area (Å²) in [6, 6.07) is 0.125. The first-order chi connectivity index (χ1) is 7.58. The fraction of sp³-hybridized carbons (Fsp3) is 0.917. The van der Waals surface area contributed by atoms with Crippen LogP contribution in [0.4, 0.5) is 0 Å². The molecule has 92 valence electrons. The Morgan fingerprint density at radius 2 is 2.12 bits per heavy atom. The quantitative estimate of drug-likeness (QED) is 0.633. The molecule has 2 aliphatic rings. The summed E-state index contributed by atoms with van der Waals surface area (Å²) in [6.07, 6.45) is 2.47. The maximum atomic E-state index is 11.9. The minimum atomic E-state index is -0.365. The minimum Gasteiger partial charge on any atom is -0.392 e. The van der Waals surface area contributed by atoms with Crippen molar-refractivity contribution in [1.29, 1.82) is 0 Å². The molecule has 0 aromatic rings. The highest BCUT2D eigenvalue weighted by atomic mass is 16.3. The fourth-order valence-corrected chi connectivity index (χ4v) is 2.77. The Bertz CT molecular complexity index is 270. The zero-order valence-corrected chi connectivity index (χ0v) is 10.1. The van der Waals surface area contributed by atoms with E-state index in [0.717, 1.165) is 6.42 Å². The zero-order valence-electron chi connectivity index (χ0n) is 10.1. The van der Waals surface area contributed by atoms with E-state index in [1.54, 1.807) is 0 Å². The topological polar surface area (TPSA) is 61.4 Å². The van der Waals surface area contributed by atoms with Gasteiger partial charge < -0.3 is 15.7 Å². The van der Waals surface area contributed by atoms with Gasteiger partial charge in [0.05, 0.1) is 12.1 Å². The molecule has 1 amide bonds. The van der Waals surface area contributed by atoms with Crippen LogP contribution in [0.2, 0.25) is 0 Å². The van der Waals surface area contributed by atoms with Crippen molar-refractivity contribution in [3.63, 3.8) is 0 Å². The molecule has 0 bridgehead atoms. The lowest BCUT2D eigenvalue weighted by Gasteiger charge is -2.21. The summed E-state index contributed by atoms with van der Waals surface area (Å²) >= 11 is 0. The van der Waals surface area contributed by atoms with Gasteiger partial charge in [-0.05, 0) is 31.1 Å². The van der Waals surface area contributed by atoms with E-state index < -0.39 is 0 Å². The lowest BCUT2D eigenvalue weighted by molar-refractivity contribution is -0.123. The Hall–Kier alpha value is -0.610. The summed E-state index contributed by atoms with van der Waals surface area (Å²) in [5.74, 6) is 1.32. The minimum absolute atomic E-state index is 0.0579. The molecule has 1 aliphatic carbocycles. The van der Waals surface area contributed by atoms with Crippen molar-refractivity contribution in [2.75, 3.05) is 6.54 Å². The molecule has 2 rings (SSSR count). The number of carbonyl (C=O) groups excluding carboxylic acids is 1. The maximum Gasteiger partial charge on any atom is 0.237 e. The molecule has 2 fully saturated rings. The first-order valence-electron chi connectivity index (χ1n) is 6.29. The first kappa shape index (κ1) is 11.9. The molecule has 16 heavy (non-hydrogen) atoms. The number of nitrogens with one attached hydrogen (secondary N) is 2. The van der Waals surface area contributed by atoms with E-state index in [-0.39, 0.29) is 18.1 Å². The standard InChI is InChI=1S/C12H22N2O2/c1-7-3-4-10(8(7)2)14-12(16)11-5-9(15)6-13-11/h7-11,13,15H,3-6H2,1-2H3,(H,14,16). The lowest BCUT2D eigenvalue weighted by atomic mass is 9.97. The summed E-state index contributed by atoms with van der Waals surface area (Å²) in [6.45, 7) is 4.99. The van der Waals surface area contributed by atoms with Gasteiger partial charge in [-0.3, -0.25) is 4.79 Å². The van der Waals surface area contributed by atoms with E-state index in [0.29, 0.717) is 30.8 Å². The molecule has 1 saturated heterocycles. The Balaban J connectivity index is 1.83. The molecule has 3 N–H and O–H groups in total. The van der Waals surface area contributed by atoms with Crippen LogP contribution in [0.3, 0.4) is 0 Å². The molecular formula is C12H22N2O2. The Labute approximate surface area is 96.8 Å². The molecule has 1 heterocycles. The van der Waals surface area contributed by atoms with E-state index >= 15 is 0 Å². The molecule has 5 unspecified atom stereocenters. The van der Waals surface area contributed by atoms with Crippen molar-refractivity contribution < 1.29 is 9.90 Å². The van der Waals surface area contributed by atoms with Gasteiger partial charge in [0.25, 0.3) is 0 Å². The van der Waals surface area contributed by atoms with Crippen LogP contribution in [-0.4, -0.2) is 35.7 Å². The van der Waals surface area contributed by atoms with Gasteiger partial charge in [0, 0.05) is 12.6 Å². The van der Waals surface area contributed by atoms with E-state index in [9.17, 15) is 9.90 Å². The van der Waals surface area contributed by atoms with Gasteiger partial charge in [-0.15, -0.1) is 0 Å². The van der Waals surface area contributed by atoms with Gasteiger partial charge >= 0.3 is 0 Å². The lowest BCUT2D eigenvalue weighted by Crippen LogP contribution is -2.46. The average Bonchev–Trinajstić information content (AvgIpc) is 2.79. The van der Waals surface area contributed by atoms with Crippen LogP contribution < -0.4 is 10.6 Å². The fourth-order valence-electron chi connectivity index (χ4n) is 2.77. The van der Waals surface area contributed by atoms with Gasteiger partial charge in [0.15, 0.2) is 0 Å². The van der Waals surface area contributed by atoms with Crippen molar-refractivity contribution in [3.8, 4) is 0 Å². The van der Waals surface area contributed by atoms with Crippen LogP contribution in [0.15, 0.2) is 0 Å². The third kappa shape index (κ3) is 2.38. The van der Waals surface area contributed by atoms with Gasteiger partial charge in [-0.2, -0.15) is 0 Å². The third-order valence-corrected chi connectivity index (χ3v) is 4.22. The smallest absolute Gasteiger partial charge is 0.237 e. The number of carbonyl (C=O) groups is 1. The van der Waals surface area contributed by atoms with Crippen LogP contribution in [0.1, 0.15) is 33.1 Å². The van der Waals surface area contributed by atoms with Crippen LogP contribution >= 0.6 is 0 Å². The molecule has 1 aliphatic heterocycles. The van der Waals surface area contributed by atoms with Crippen LogP contribution in [0, 0.1) is 11.8 Å². The van der Waals surface area contributed by atoms with E-state index in [4.69, 9.17) is 0 Å². The molecule has 5 atom stereocenters. The number of hydrogen-bond donors (Lipinski definition) is 3. The van der Waals surface area contributed by atoms with Gasteiger partial charge in [-0.25, -0.2) is 0 Å². The third-order valence-electron chi connectivity index (χ3n) is 4.22. The van der Waals surface area contributed by atoms with E-state index in [1.165, 1.54) is 6.42 Å². The second-order valence-corrected chi connectivity index (χ2v) is 5.38. The van der Waals surface area contributed by atoms with E-state index in [2.05, 4.69) is 24.5 Å². The Kier molecular flexibility index (Phi) is 3.50. The van der Waals surface area contributed by atoms with Gasteiger partial charge in [0.1, 0.15) is 0 Å². The number of aliphatic hydroxyl groups is 1. The monoisotopic (exact) mass is 226 g/mol. The summed E-state index contributed by atoms with van der Waals surface area (Å²) in [5.41, 5.74) is 0. The summed E-state index contributed by atoms with van der Waals surface area (Å²) in [5, 5.41) is 15.5. The maximum absolute atomic E-state index is 11.9. The molecule has 1 saturated carbocycles. The molecule has 0 radical (unpaired) electrons. The van der Waals surface area contributed by atoms with Crippen molar-refractivity contribution in [3.05, 3.63) is 0 Å². The SMILES string of the molecule is CC1CCC(NC(=O)C2CC(O)CN2)C1C. The second kappa shape index (κ2) is 4.72. The van der Waals surface area contributed by atoms with Gasteiger partial charge in [-0.1, -0.05) is 13.8 Å². The average molecular weight is 226 g/mol.